The quantitative estimate of drug-likeness (QED) is 0.768. The van der Waals surface area contributed by atoms with Gasteiger partial charge in [0.2, 0.25) is 5.88 Å². The molecule has 23 heavy (non-hydrogen) atoms. The van der Waals surface area contributed by atoms with E-state index >= 15 is 0 Å². The Labute approximate surface area is 137 Å². The lowest BCUT2D eigenvalue weighted by molar-refractivity contribution is 0.299. The first kappa shape index (κ1) is 15.7. The van der Waals surface area contributed by atoms with Crippen LogP contribution in [0.25, 0.3) is 10.2 Å². The number of methoxy groups -OCH3 is 1. The van der Waals surface area contributed by atoms with Gasteiger partial charge in [-0.3, -0.25) is 9.69 Å². The van der Waals surface area contributed by atoms with Crippen molar-refractivity contribution < 1.29 is 4.74 Å². The van der Waals surface area contributed by atoms with Crippen molar-refractivity contribution in [3.8, 4) is 5.88 Å². The molecule has 0 atom stereocenters. The molecular formula is C15H19N5O2S. The van der Waals surface area contributed by atoms with Gasteiger partial charge in [0, 0.05) is 13.6 Å². The fraction of sp³-hybridized carbons (Fsp3) is 0.400. The average molecular weight is 333 g/mol. The third kappa shape index (κ3) is 2.99. The van der Waals surface area contributed by atoms with Gasteiger partial charge in [0.15, 0.2) is 0 Å². The van der Waals surface area contributed by atoms with Gasteiger partial charge in [-0.15, -0.1) is 11.3 Å². The zero-order chi connectivity index (χ0) is 16.6. The maximum Gasteiger partial charge on any atom is 0.268 e. The molecule has 3 rings (SSSR count). The Morgan fingerprint density at radius 2 is 2.22 bits per heavy atom. The molecule has 0 aliphatic carbocycles. The molecule has 1 N–H and O–H groups in total. The molecule has 0 aliphatic rings. The van der Waals surface area contributed by atoms with E-state index in [4.69, 9.17) is 4.74 Å². The average Bonchev–Trinajstić information content (AvgIpc) is 3.04. The van der Waals surface area contributed by atoms with Crippen LogP contribution < -0.4 is 10.3 Å². The summed E-state index contributed by atoms with van der Waals surface area (Å²) in [5.41, 5.74) is 2.64. The summed E-state index contributed by atoms with van der Waals surface area (Å²) in [6.45, 7) is 3.16. The van der Waals surface area contributed by atoms with Crippen LogP contribution in [0.3, 0.4) is 0 Å². The summed E-state index contributed by atoms with van der Waals surface area (Å²) in [7, 11) is 5.48. The molecule has 7 nitrogen and oxygen atoms in total. The largest absolute Gasteiger partial charge is 0.481 e. The molecular weight excluding hydrogens is 314 g/mol. The maximum absolute atomic E-state index is 12.0. The number of nitrogens with zero attached hydrogens (tertiary/aromatic N) is 4. The molecule has 0 amide bonds. The molecule has 0 saturated heterocycles. The number of aromatic nitrogens is 4. The van der Waals surface area contributed by atoms with Crippen LogP contribution in [0.5, 0.6) is 5.88 Å². The van der Waals surface area contributed by atoms with Crippen LogP contribution in [0.2, 0.25) is 0 Å². The number of thiophene rings is 1. The van der Waals surface area contributed by atoms with E-state index in [1.807, 2.05) is 32.5 Å². The number of rotatable bonds is 5. The minimum Gasteiger partial charge on any atom is -0.481 e. The van der Waals surface area contributed by atoms with E-state index in [9.17, 15) is 4.79 Å². The summed E-state index contributed by atoms with van der Waals surface area (Å²) in [6.07, 6.45) is 0. The second kappa shape index (κ2) is 6.13. The van der Waals surface area contributed by atoms with Crippen LogP contribution >= 0.6 is 11.3 Å². The van der Waals surface area contributed by atoms with Crippen molar-refractivity contribution in [3.05, 3.63) is 38.9 Å². The molecule has 0 bridgehead atoms. The van der Waals surface area contributed by atoms with E-state index in [2.05, 4.69) is 20.0 Å². The van der Waals surface area contributed by atoms with Crippen LogP contribution in [0, 0.1) is 6.92 Å². The van der Waals surface area contributed by atoms with Crippen molar-refractivity contribution in [3.63, 3.8) is 0 Å². The van der Waals surface area contributed by atoms with Gasteiger partial charge in [0.1, 0.15) is 10.5 Å². The van der Waals surface area contributed by atoms with Gasteiger partial charge in [0.25, 0.3) is 5.56 Å². The summed E-state index contributed by atoms with van der Waals surface area (Å²) in [5.74, 6) is 1.41. The first-order valence-electron chi connectivity index (χ1n) is 7.21. The predicted molar refractivity (Wildman–Crippen MR) is 89.9 cm³/mol. The summed E-state index contributed by atoms with van der Waals surface area (Å²) >= 11 is 1.41. The molecule has 0 fully saturated rings. The Morgan fingerprint density at radius 3 is 2.96 bits per heavy atom. The number of nitrogens with one attached hydrogen (secondary N) is 1. The topological polar surface area (TPSA) is 76.0 Å². The summed E-state index contributed by atoms with van der Waals surface area (Å²) in [5, 5.41) is 6.26. The van der Waals surface area contributed by atoms with Crippen molar-refractivity contribution in [2.75, 3.05) is 14.2 Å². The molecule has 0 spiro atoms. The van der Waals surface area contributed by atoms with Crippen LogP contribution in [0.15, 0.2) is 16.2 Å². The zero-order valence-electron chi connectivity index (χ0n) is 13.6. The first-order chi connectivity index (χ1) is 11.0. The lowest BCUT2D eigenvalue weighted by Crippen LogP contribution is -2.22. The Balaban J connectivity index is 1.81. The lowest BCUT2D eigenvalue weighted by atomic mass is 10.2. The van der Waals surface area contributed by atoms with Crippen molar-refractivity contribution in [2.24, 2.45) is 7.05 Å². The summed E-state index contributed by atoms with van der Waals surface area (Å²) in [6, 6.07) is 1.87. The van der Waals surface area contributed by atoms with Crippen LogP contribution in [0.4, 0.5) is 0 Å². The maximum atomic E-state index is 12.0. The Morgan fingerprint density at radius 1 is 1.43 bits per heavy atom. The molecule has 3 aromatic heterocycles. The van der Waals surface area contributed by atoms with Gasteiger partial charge in [-0.1, -0.05) is 0 Å². The second-order valence-corrected chi connectivity index (χ2v) is 6.43. The number of H-pyrrole nitrogens is 1. The fourth-order valence-corrected chi connectivity index (χ4v) is 3.42. The summed E-state index contributed by atoms with van der Waals surface area (Å²) in [4.78, 5) is 21.5. The molecule has 0 saturated carbocycles. The van der Waals surface area contributed by atoms with Crippen LogP contribution in [-0.2, 0) is 20.1 Å². The monoisotopic (exact) mass is 333 g/mol. The highest BCUT2D eigenvalue weighted by Crippen LogP contribution is 2.22. The highest BCUT2D eigenvalue weighted by molar-refractivity contribution is 7.17. The standard InChI is InChI=1S/C15H19N5O2S/c1-9-10(15(22-4)20(3)18-9)7-19(2)8-12-16-11-5-6-23-13(11)14(21)17-12/h5-6H,7-8H2,1-4H3,(H,16,17,21). The smallest absolute Gasteiger partial charge is 0.268 e. The van der Waals surface area contributed by atoms with E-state index in [0.29, 0.717) is 23.6 Å². The molecule has 0 unspecified atom stereocenters. The number of hydrogen-bond acceptors (Lipinski definition) is 6. The number of ether oxygens (including phenoxy) is 1. The van der Waals surface area contributed by atoms with Crippen LogP contribution in [0.1, 0.15) is 17.1 Å². The first-order valence-corrected chi connectivity index (χ1v) is 8.09. The van der Waals surface area contributed by atoms with E-state index in [1.165, 1.54) is 11.3 Å². The minimum absolute atomic E-state index is 0.0801. The van der Waals surface area contributed by atoms with Crippen molar-refractivity contribution >= 4 is 21.6 Å². The normalized spacial score (nSPS) is 11.5. The molecule has 3 heterocycles. The number of aryl methyl sites for hydroxylation is 2. The summed E-state index contributed by atoms with van der Waals surface area (Å²) < 4.78 is 7.82. The predicted octanol–water partition coefficient (Wildman–Crippen LogP) is 1.67. The zero-order valence-corrected chi connectivity index (χ0v) is 14.4. The highest BCUT2D eigenvalue weighted by atomic mass is 32.1. The molecule has 8 heteroatoms. The van der Waals surface area contributed by atoms with Crippen molar-refractivity contribution in [2.45, 2.75) is 20.0 Å². The Kier molecular flexibility index (Phi) is 4.18. The highest BCUT2D eigenvalue weighted by Gasteiger charge is 2.16. The van der Waals surface area contributed by atoms with Gasteiger partial charge in [-0.2, -0.15) is 5.10 Å². The van der Waals surface area contributed by atoms with E-state index in [1.54, 1.807) is 11.8 Å². The van der Waals surface area contributed by atoms with Gasteiger partial charge in [-0.05, 0) is 25.4 Å². The number of hydrogen-bond donors (Lipinski definition) is 1. The lowest BCUT2D eigenvalue weighted by Gasteiger charge is -2.16. The van der Waals surface area contributed by atoms with Crippen molar-refractivity contribution in [1.82, 2.24) is 24.6 Å². The molecule has 3 aromatic rings. The van der Waals surface area contributed by atoms with Gasteiger partial charge in [-0.25, -0.2) is 9.67 Å². The minimum atomic E-state index is -0.0801. The van der Waals surface area contributed by atoms with E-state index in [-0.39, 0.29) is 5.56 Å². The second-order valence-electron chi connectivity index (χ2n) is 5.52. The SMILES string of the molecule is COc1c(CN(C)Cc2nc3ccsc3c(=O)[nH]2)c(C)nn1C. The van der Waals surface area contributed by atoms with Crippen LogP contribution in [-0.4, -0.2) is 38.8 Å². The van der Waals surface area contributed by atoms with Gasteiger partial charge < -0.3 is 9.72 Å². The fourth-order valence-electron chi connectivity index (χ4n) is 2.70. The van der Waals surface area contributed by atoms with Gasteiger partial charge >= 0.3 is 0 Å². The van der Waals surface area contributed by atoms with Crippen molar-refractivity contribution in [1.29, 1.82) is 0 Å². The molecule has 0 aliphatic heterocycles. The molecule has 122 valence electrons. The molecule has 0 aromatic carbocycles. The Bertz CT molecular complexity index is 895. The third-order valence-electron chi connectivity index (χ3n) is 3.69. The van der Waals surface area contributed by atoms with E-state index in [0.717, 1.165) is 22.7 Å². The number of aromatic amines is 1. The Hall–Kier alpha value is -2.19. The van der Waals surface area contributed by atoms with Gasteiger partial charge in [0.05, 0.1) is 30.4 Å². The van der Waals surface area contributed by atoms with E-state index < -0.39 is 0 Å². The number of fused-ring (bicyclic) bond motifs is 1. The molecule has 0 radical (unpaired) electrons. The third-order valence-corrected chi connectivity index (χ3v) is 4.60.